The normalized spacial score (nSPS) is 17.4. The molecule has 0 radical (unpaired) electrons. The van der Waals surface area contributed by atoms with E-state index in [9.17, 15) is 19.4 Å². The number of hydrogen-bond donors (Lipinski definition) is 3. The van der Waals surface area contributed by atoms with Gasteiger partial charge in [-0.3, -0.25) is 4.40 Å². The van der Waals surface area contributed by atoms with Crippen molar-refractivity contribution in [1.82, 2.24) is 14.4 Å². The third-order valence-electron chi connectivity index (χ3n) is 4.62. The fourth-order valence-electron chi connectivity index (χ4n) is 3.32. The number of aromatic nitrogens is 3. The predicted octanol–water partition coefficient (Wildman–Crippen LogP) is 1.24. The van der Waals surface area contributed by atoms with E-state index >= 15 is 0 Å². The van der Waals surface area contributed by atoms with E-state index in [4.69, 9.17) is 0 Å². The Hall–Kier alpha value is -2.51. The van der Waals surface area contributed by atoms with Crippen molar-refractivity contribution < 1.29 is 14.6 Å². The number of hydrogen-bond acceptors (Lipinski definition) is 4. The Morgan fingerprint density at radius 3 is 2.88 bits per heavy atom. The van der Waals surface area contributed by atoms with E-state index in [1.165, 1.54) is 16.7 Å². The molecule has 4 rings (SSSR count). The van der Waals surface area contributed by atoms with Crippen LogP contribution >= 0.6 is 0 Å². The molecule has 0 saturated heterocycles. The van der Waals surface area contributed by atoms with Crippen LogP contribution in [-0.4, -0.2) is 30.9 Å². The molecule has 0 amide bonds. The van der Waals surface area contributed by atoms with Gasteiger partial charge in [0.25, 0.3) is 0 Å². The molecule has 0 fully saturated rings. The Kier molecular flexibility index (Phi) is 3.47. The molecule has 24 heavy (non-hydrogen) atoms. The molecule has 1 atom stereocenters. The van der Waals surface area contributed by atoms with Gasteiger partial charge in [0.2, 0.25) is 0 Å². The van der Waals surface area contributed by atoms with Crippen LogP contribution in [0.25, 0.3) is 16.9 Å². The first-order valence-electron chi connectivity index (χ1n) is 7.79. The first-order chi connectivity index (χ1) is 11.5. The minimum Gasteiger partial charge on any atom is -0.368 e. The third kappa shape index (κ3) is 2.33. The van der Waals surface area contributed by atoms with E-state index in [0.717, 1.165) is 11.3 Å². The molecule has 1 aliphatic rings. The average Bonchev–Trinajstić information content (AvgIpc) is 3.01. The lowest BCUT2D eigenvalue weighted by Gasteiger charge is -2.25. The zero-order chi connectivity index (χ0) is 16.8. The highest BCUT2D eigenvalue weighted by Gasteiger charge is 2.27. The van der Waals surface area contributed by atoms with Crippen molar-refractivity contribution in [2.45, 2.75) is 25.6 Å². The summed E-state index contributed by atoms with van der Waals surface area (Å²) in [6, 6.07) is 6.26. The second-order valence-electron chi connectivity index (χ2n) is 6.10. The number of H-pyrrole nitrogens is 1. The summed E-state index contributed by atoms with van der Waals surface area (Å²) in [4.78, 5) is 19.5. The average molecular weight is 329 g/mol. The summed E-state index contributed by atoms with van der Waals surface area (Å²) >= 11 is 0. The molecular weight excluding hydrogens is 313 g/mol. The second kappa shape index (κ2) is 5.54. The summed E-state index contributed by atoms with van der Waals surface area (Å²) in [5, 5.41) is 18.9. The number of nitrogens with one attached hydrogen (secondary N) is 1. The molecule has 0 saturated carbocycles. The van der Waals surface area contributed by atoms with E-state index in [-0.39, 0.29) is 11.6 Å². The molecule has 124 valence electrons. The Morgan fingerprint density at radius 1 is 1.33 bits per heavy atom. The van der Waals surface area contributed by atoms with Gasteiger partial charge in [-0.15, -0.1) is 0 Å². The SMILES string of the molecule is O=c1[nH]c2c(c3nc(-c4ccccc4F)cn13)CC(C(O)O)CC2. The van der Waals surface area contributed by atoms with E-state index in [1.807, 2.05) is 0 Å². The van der Waals surface area contributed by atoms with Crippen LogP contribution in [-0.2, 0) is 12.8 Å². The fraction of sp³-hybridized carbons (Fsp3) is 0.294. The monoisotopic (exact) mass is 329 g/mol. The largest absolute Gasteiger partial charge is 0.368 e. The Morgan fingerprint density at radius 2 is 2.12 bits per heavy atom. The molecule has 3 aromatic rings. The minimum atomic E-state index is -1.41. The van der Waals surface area contributed by atoms with Crippen LogP contribution in [0.1, 0.15) is 17.7 Å². The van der Waals surface area contributed by atoms with E-state index < -0.39 is 12.1 Å². The van der Waals surface area contributed by atoms with Crippen molar-refractivity contribution in [3.05, 3.63) is 58.0 Å². The lowest BCUT2D eigenvalue weighted by molar-refractivity contribution is -0.0869. The number of nitrogens with zero attached hydrogens (tertiary/aromatic N) is 2. The number of halogens is 1. The van der Waals surface area contributed by atoms with Crippen molar-refractivity contribution >= 4 is 5.65 Å². The van der Waals surface area contributed by atoms with Gasteiger partial charge in [-0.25, -0.2) is 14.2 Å². The summed E-state index contributed by atoms with van der Waals surface area (Å²) in [7, 11) is 0. The van der Waals surface area contributed by atoms with Gasteiger partial charge in [0.05, 0.1) is 5.69 Å². The number of aliphatic hydroxyl groups is 2. The van der Waals surface area contributed by atoms with Crippen molar-refractivity contribution in [3.8, 4) is 11.3 Å². The molecule has 0 bridgehead atoms. The zero-order valence-corrected chi connectivity index (χ0v) is 12.7. The maximum absolute atomic E-state index is 14.0. The van der Waals surface area contributed by atoms with Crippen molar-refractivity contribution in [3.63, 3.8) is 0 Å². The minimum absolute atomic E-state index is 0.305. The van der Waals surface area contributed by atoms with Crippen molar-refractivity contribution in [2.75, 3.05) is 0 Å². The van der Waals surface area contributed by atoms with Gasteiger partial charge in [0.15, 0.2) is 6.29 Å². The third-order valence-corrected chi connectivity index (χ3v) is 4.62. The Labute approximate surface area is 136 Å². The number of imidazole rings is 1. The molecule has 3 N–H and O–H groups in total. The Balaban J connectivity index is 1.91. The molecule has 7 heteroatoms. The van der Waals surface area contributed by atoms with Crippen molar-refractivity contribution in [1.29, 1.82) is 0 Å². The smallest absolute Gasteiger partial charge is 0.331 e. The number of fused-ring (bicyclic) bond motifs is 3. The van der Waals surface area contributed by atoms with Crippen molar-refractivity contribution in [2.24, 2.45) is 5.92 Å². The zero-order valence-electron chi connectivity index (χ0n) is 12.7. The molecule has 6 nitrogen and oxygen atoms in total. The summed E-state index contributed by atoms with van der Waals surface area (Å²) in [6.45, 7) is 0. The lowest BCUT2D eigenvalue weighted by Crippen LogP contribution is -2.30. The predicted molar refractivity (Wildman–Crippen MR) is 84.9 cm³/mol. The maximum Gasteiger partial charge on any atom is 0.331 e. The molecule has 2 aromatic heterocycles. The second-order valence-corrected chi connectivity index (χ2v) is 6.10. The number of aliphatic hydroxyl groups excluding tert-OH is 1. The van der Waals surface area contributed by atoms with Crippen LogP contribution in [0.2, 0.25) is 0 Å². The molecule has 1 unspecified atom stereocenters. The summed E-state index contributed by atoms with van der Waals surface area (Å²) in [6.07, 6.45) is 1.63. The van der Waals surface area contributed by atoms with Crippen LogP contribution in [0.15, 0.2) is 35.3 Å². The van der Waals surface area contributed by atoms with Crippen LogP contribution in [0.4, 0.5) is 4.39 Å². The van der Waals surface area contributed by atoms with Gasteiger partial charge in [-0.2, -0.15) is 0 Å². The summed E-state index contributed by atoms with van der Waals surface area (Å²) < 4.78 is 15.4. The molecular formula is C17H16FN3O3. The fourth-order valence-corrected chi connectivity index (χ4v) is 3.32. The standard InChI is InChI=1S/C17H16FN3O3/c18-12-4-2-1-3-10(12)14-8-21-15(19-14)11-7-9(16(22)23)5-6-13(11)20-17(21)24/h1-4,8-9,16,22-23H,5-7H2,(H,20,24). The summed E-state index contributed by atoms with van der Waals surface area (Å²) in [5.41, 5.74) is 2.35. The summed E-state index contributed by atoms with van der Waals surface area (Å²) in [5.74, 6) is -0.712. The first-order valence-corrected chi connectivity index (χ1v) is 7.79. The van der Waals surface area contributed by atoms with E-state index in [0.29, 0.717) is 36.2 Å². The number of aromatic amines is 1. The van der Waals surface area contributed by atoms with Crippen LogP contribution in [0.5, 0.6) is 0 Å². The van der Waals surface area contributed by atoms with Crippen LogP contribution in [0.3, 0.4) is 0 Å². The van der Waals surface area contributed by atoms with Gasteiger partial charge in [-0.1, -0.05) is 12.1 Å². The van der Waals surface area contributed by atoms with Crippen LogP contribution in [0, 0.1) is 11.7 Å². The quantitative estimate of drug-likeness (QED) is 0.617. The van der Waals surface area contributed by atoms with Gasteiger partial charge in [0, 0.05) is 28.9 Å². The topological polar surface area (TPSA) is 90.6 Å². The highest BCUT2D eigenvalue weighted by atomic mass is 19.1. The van der Waals surface area contributed by atoms with Crippen LogP contribution < -0.4 is 5.69 Å². The molecule has 0 aliphatic heterocycles. The highest BCUT2D eigenvalue weighted by molar-refractivity contribution is 5.65. The van der Waals surface area contributed by atoms with E-state index in [1.54, 1.807) is 18.2 Å². The molecule has 0 spiro atoms. The first kappa shape index (κ1) is 15.0. The number of benzene rings is 1. The Bertz CT molecular complexity index is 977. The highest BCUT2D eigenvalue weighted by Crippen LogP contribution is 2.29. The lowest BCUT2D eigenvalue weighted by atomic mass is 9.86. The van der Waals surface area contributed by atoms with Gasteiger partial charge >= 0.3 is 5.69 Å². The molecule has 1 aliphatic carbocycles. The van der Waals surface area contributed by atoms with Gasteiger partial charge < -0.3 is 15.2 Å². The van der Waals surface area contributed by atoms with Gasteiger partial charge in [-0.05, 0) is 31.4 Å². The molecule has 2 heterocycles. The number of aryl methyl sites for hydroxylation is 1. The maximum atomic E-state index is 14.0. The number of rotatable bonds is 2. The van der Waals surface area contributed by atoms with Gasteiger partial charge in [0.1, 0.15) is 11.5 Å². The van der Waals surface area contributed by atoms with E-state index in [2.05, 4.69) is 9.97 Å². The molecule has 1 aromatic carbocycles.